The summed E-state index contributed by atoms with van der Waals surface area (Å²) in [5, 5.41) is 0.547. The van der Waals surface area contributed by atoms with Crippen molar-refractivity contribution in [2.45, 2.75) is 32.2 Å². The lowest BCUT2D eigenvalue weighted by Gasteiger charge is -2.34. The van der Waals surface area contributed by atoms with Crippen LogP contribution in [0.15, 0.2) is 65.7 Å². The lowest BCUT2D eigenvalue weighted by Crippen LogP contribution is -2.43. The van der Waals surface area contributed by atoms with Crippen molar-refractivity contribution < 1.29 is 4.79 Å². The highest BCUT2D eigenvalue weighted by atomic mass is 16.2. The molecule has 3 aromatic rings. The summed E-state index contributed by atoms with van der Waals surface area (Å²) >= 11 is 0. The van der Waals surface area contributed by atoms with E-state index in [-0.39, 0.29) is 11.5 Å². The Balaban J connectivity index is 1.43. The molecule has 1 aliphatic heterocycles. The largest absolute Gasteiger partial charge is 0.341 e. The van der Waals surface area contributed by atoms with E-state index >= 15 is 0 Å². The summed E-state index contributed by atoms with van der Waals surface area (Å²) in [4.78, 5) is 32.0. The standard InChI is InChI=1S/C23H25N3O2/c1-17(26-16-24-21-10-6-5-9-20(21)23(26)28)22(27)25-13-11-19(12-14-25)15-18-7-3-2-4-8-18/h2-10,16-17,19H,11-15H2,1H3. The average Bonchev–Trinajstić information content (AvgIpc) is 2.74. The van der Waals surface area contributed by atoms with Gasteiger partial charge in [0.1, 0.15) is 6.04 Å². The second-order valence-corrected chi connectivity index (χ2v) is 7.61. The normalized spacial score (nSPS) is 16.2. The maximum atomic E-state index is 13.0. The van der Waals surface area contributed by atoms with Crippen LogP contribution in [0.4, 0.5) is 0 Å². The number of hydrogen-bond acceptors (Lipinski definition) is 3. The minimum Gasteiger partial charge on any atom is -0.341 e. The van der Waals surface area contributed by atoms with Gasteiger partial charge in [-0.15, -0.1) is 0 Å². The molecule has 1 unspecified atom stereocenters. The van der Waals surface area contributed by atoms with Crippen molar-refractivity contribution >= 4 is 16.8 Å². The number of rotatable bonds is 4. The van der Waals surface area contributed by atoms with Crippen LogP contribution in [-0.4, -0.2) is 33.4 Å². The Kier molecular flexibility index (Phi) is 5.24. The summed E-state index contributed by atoms with van der Waals surface area (Å²) in [5.41, 5.74) is 1.85. The number of hydrogen-bond donors (Lipinski definition) is 0. The van der Waals surface area contributed by atoms with Crippen molar-refractivity contribution in [3.05, 3.63) is 76.8 Å². The highest BCUT2D eigenvalue weighted by Crippen LogP contribution is 2.23. The molecular formula is C23H25N3O2. The second kappa shape index (κ2) is 7.97. The van der Waals surface area contributed by atoms with Gasteiger partial charge in [-0.1, -0.05) is 42.5 Å². The number of nitrogens with zero attached hydrogens (tertiary/aromatic N) is 3. The number of carbonyl (C=O) groups is 1. The van der Waals surface area contributed by atoms with Gasteiger partial charge >= 0.3 is 0 Å². The smallest absolute Gasteiger partial charge is 0.261 e. The van der Waals surface area contributed by atoms with E-state index in [1.165, 1.54) is 16.5 Å². The predicted molar refractivity (Wildman–Crippen MR) is 110 cm³/mol. The quantitative estimate of drug-likeness (QED) is 0.702. The van der Waals surface area contributed by atoms with Crippen LogP contribution in [0.3, 0.4) is 0 Å². The number of likely N-dealkylation sites (tertiary alicyclic amines) is 1. The molecule has 1 aliphatic rings. The zero-order chi connectivity index (χ0) is 19.5. The minimum atomic E-state index is -0.546. The van der Waals surface area contributed by atoms with Gasteiger partial charge in [-0.3, -0.25) is 14.2 Å². The summed E-state index contributed by atoms with van der Waals surface area (Å²) in [6, 6.07) is 17.2. The molecule has 5 heteroatoms. The van der Waals surface area contributed by atoms with Gasteiger partial charge in [0.15, 0.2) is 0 Å². The average molecular weight is 375 g/mol. The maximum Gasteiger partial charge on any atom is 0.261 e. The van der Waals surface area contributed by atoms with Crippen LogP contribution in [0.5, 0.6) is 0 Å². The Bertz CT molecular complexity index is 1020. The molecule has 2 aromatic carbocycles. The van der Waals surface area contributed by atoms with Crippen LogP contribution in [0, 0.1) is 5.92 Å². The Labute approximate surface area is 164 Å². The number of para-hydroxylation sites is 1. The Hall–Kier alpha value is -2.95. The van der Waals surface area contributed by atoms with Gasteiger partial charge in [0.2, 0.25) is 5.91 Å². The van der Waals surface area contributed by atoms with E-state index in [0.717, 1.165) is 32.4 Å². The zero-order valence-corrected chi connectivity index (χ0v) is 16.1. The first-order valence-electron chi connectivity index (χ1n) is 9.92. The van der Waals surface area contributed by atoms with Gasteiger partial charge in [-0.25, -0.2) is 4.98 Å². The minimum absolute atomic E-state index is 0.00246. The van der Waals surface area contributed by atoms with Crippen molar-refractivity contribution in [1.29, 1.82) is 0 Å². The van der Waals surface area contributed by atoms with Gasteiger partial charge in [0, 0.05) is 13.1 Å². The fourth-order valence-corrected chi connectivity index (χ4v) is 4.05. The molecule has 5 nitrogen and oxygen atoms in total. The third-order valence-corrected chi connectivity index (χ3v) is 5.76. The number of piperidine rings is 1. The first-order chi connectivity index (χ1) is 13.6. The van der Waals surface area contributed by atoms with Gasteiger partial charge in [-0.2, -0.15) is 0 Å². The number of fused-ring (bicyclic) bond motifs is 1. The van der Waals surface area contributed by atoms with E-state index < -0.39 is 6.04 Å². The van der Waals surface area contributed by atoms with Crippen LogP contribution in [0.25, 0.3) is 10.9 Å². The van der Waals surface area contributed by atoms with E-state index in [1.807, 2.05) is 29.2 Å². The van der Waals surface area contributed by atoms with Gasteiger partial charge in [-0.05, 0) is 49.8 Å². The molecule has 144 valence electrons. The van der Waals surface area contributed by atoms with E-state index in [1.54, 1.807) is 13.0 Å². The van der Waals surface area contributed by atoms with Crippen LogP contribution < -0.4 is 5.56 Å². The van der Waals surface area contributed by atoms with E-state index in [0.29, 0.717) is 16.8 Å². The first kappa shape index (κ1) is 18.4. The molecule has 1 saturated heterocycles. The summed E-state index contributed by atoms with van der Waals surface area (Å²) in [5.74, 6) is 0.601. The number of carbonyl (C=O) groups excluding carboxylic acids is 1. The molecule has 4 rings (SSSR count). The Morgan fingerprint density at radius 3 is 2.50 bits per heavy atom. The number of aromatic nitrogens is 2. The summed E-state index contributed by atoms with van der Waals surface area (Å²) < 4.78 is 1.46. The van der Waals surface area contributed by atoms with Crippen molar-refractivity contribution in [2.24, 2.45) is 5.92 Å². The number of amides is 1. The molecule has 2 heterocycles. The highest BCUT2D eigenvalue weighted by molar-refractivity contribution is 5.81. The van der Waals surface area contributed by atoms with Crippen molar-refractivity contribution in [1.82, 2.24) is 14.5 Å². The predicted octanol–water partition coefficient (Wildman–Crippen LogP) is 3.44. The summed E-state index contributed by atoms with van der Waals surface area (Å²) in [6.45, 7) is 3.28. The second-order valence-electron chi connectivity index (χ2n) is 7.61. The fraction of sp³-hybridized carbons (Fsp3) is 0.348. The van der Waals surface area contributed by atoms with Crippen molar-refractivity contribution in [3.63, 3.8) is 0 Å². The van der Waals surface area contributed by atoms with E-state index in [4.69, 9.17) is 0 Å². The molecule has 0 N–H and O–H groups in total. The molecule has 0 bridgehead atoms. The lowest BCUT2D eigenvalue weighted by molar-refractivity contribution is -0.135. The molecule has 1 fully saturated rings. The summed E-state index contributed by atoms with van der Waals surface area (Å²) in [7, 11) is 0. The summed E-state index contributed by atoms with van der Waals surface area (Å²) in [6.07, 6.45) is 4.55. The molecule has 1 aromatic heterocycles. The van der Waals surface area contributed by atoms with Gasteiger partial charge < -0.3 is 4.90 Å². The Morgan fingerprint density at radius 2 is 1.75 bits per heavy atom. The zero-order valence-electron chi connectivity index (χ0n) is 16.1. The van der Waals surface area contributed by atoms with Gasteiger partial charge in [0.05, 0.1) is 17.2 Å². The first-order valence-corrected chi connectivity index (χ1v) is 9.92. The topological polar surface area (TPSA) is 55.2 Å². The molecule has 0 spiro atoms. The van der Waals surface area contributed by atoms with E-state index in [2.05, 4.69) is 29.2 Å². The maximum absolute atomic E-state index is 13.0. The van der Waals surface area contributed by atoms with Crippen LogP contribution in [0.1, 0.15) is 31.4 Å². The Morgan fingerprint density at radius 1 is 1.07 bits per heavy atom. The van der Waals surface area contributed by atoms with Gasteiger partial charge in [0.25, 0.3) is 5.56 Å². The monoisotopic (exact) mass is 375 g/mol. The highest BCUT2D eigenvalue weighted by Gasteiger charge is 2.27. The van der Waals surface area contributed by atoms with Crippen LogP contribution in [0.2, 0.25) is 0 Å². The third kappa shape index (κ3) is 3.70. The molecule has 28 heavy (non-hydrogen) atoms. The molecule has 0 aliphatic carbocycles. The van der Waals surface area contributed by atoms with Crippen molar-refractivity contribution in [3.8, 4) is 0 Å². The lowest BCUT2D eigenvalue weighted by atomic mass is 9.90. The van der Waals surface area contributed by atoms with Crippen LogP contribution in [-0.2, 0) is 11.2 Å². The molecule has 1 atom stereocenters. The van der Waals surface area contributed by atoms with Crippen LogP contribution >= 0.6 is 0 Å². The molecular weight excluding hydrogens is 350 g/mol. The SMILES string of the molecule is CC(C(=O)N1CCC(Cc2ccccc2)CC1)n1cnc2ccccc2c1=O. The fourth-order valence-electron chi connectivity index (χ4n) is 4.05. The number of benzene rings is 2. The molecule has 1 amide bonds. The van der Waals surface area contributed by atoms with Crippen molar-refractivity contribution in [2.75, 3.05) is 13.1 Å². The third-order valence-electron chi connectivity index (χ3n) is 5.76. The molecule has 0 saturated carbocycles. The van der Waals surface area contributed by atoms with E-state index in [9.17, 15) is 9.59 Å². The molecule has 0 radical (unpaired) electrons.